The number of aromatic nitrogens is 3. The summed E-state index contributed by atoms with van der Waals surface area (Å²) in [6.07, 6.45) is 1.61. The maximum absolute atomic E-state index is 9.77. The largest absolute Gasteiger partial charge is 0.390 e. The molecule has 1 aromatic heterocycles. The molecule has 1 atom stereocenters. The molecule has 92 valence electrons. The van der Waals surface area contributed by atoms with Crippen molar-refractivity contribution in [2.45, 2.75) is 52.4 Å². The molecule has 0 aliphatic carbocycles. The lowest BCUT2D eigenvalue weighted by molar-refractivity contribution is 0.00502. The second kappa shape index (κ2) is 5.96. The molecule has 5 heteroatoms. The molecule has 16 heavy (non-hydrogen) atoms. The maximum Gasteiger partial charge on any atom is 0.138 e. The minimum absolute atomic E-state index is 0.137. The van der Waals surface area contributed by atoms with Crippen molar-refractivity contribution in [1.82, 2.24) is 14.8 Å². The molecule has 1 unspecified atom stereocenters. The fourth-order valence-corrected chi connectivity index (χ4v) is 1.42. The standard InChI is InChI=1S/C11H21N3O2/c1-8(2)14-11(12-7-13-14)5-10(15)6-16-9(3)4/h7-10,15H,5-6H2,1-4H3. The van der Waals surface area contributed by atoms with Gasteiger partial charge in [-0.3, -0.25) is 0 Å². The monoisotopic (exact) mass is 227 g/mol. The minimum atomic E-state index is -0.524. The zero-order chi connectivity index (χ0) is 12.1. The Morgan fingerprint density at radius 3 is 2.62 bits per heavy atom. The van der Waals surface area contributed by atoms with Gasteiger partial charge < -0.3 is 9.84 Å². The van der Waals surface area contributed by atoms with Gasteiger partial charge in [0, 0.05) is 12.5 Å². The summed E-state index contributed by atoms with van der Waals surface area (Å²) in [6, 6.07) is 0.260. The Kier molecular flexibility index (Phi) is 4.89. The first-order chi connectivity index (χ1) is 7.50. The van der Waals surface area contributed by atoms with Crippen LogP contribution in [0.25, 0.3) is 0 Å². The van der Waals surface area contributed by atoms with Crippen LogP contribution in [-0.4, -0.2) is 38.7 Å². The maximum atomic E-state index is 9.77. The molecule has 0 aliphatic heterocycles. The van der Waals surface area contributed by atoms with Crippen molar-refractivity contribution in [3.63, 3.8) is 0 Å². The Hall–Kier alpha value is -0.940. The van der Waals surface area contributed by atoms with E-state index in [0.29, 0.717) is 13.0 Å². The fourth-order valence-electron chi connectivity index (χ4n) is 1.42. The van der Waals surface area contributed by atoms with E-state index in [1.54, 1.807) is 0 Å². The zero-order valence-corrected chi connectivity index (χ0v) is 10.4. The average molecular weight is 227 g/mol. The van der Waals surface area contributed by atoms with Crippen LogP contribution in [0.2, 0.25) is 0 Å². The third-order valence-electron chi connectivity index (χ3n) is 2.18. The molecule has 0 fully saturated rings. The molecule has 0 spiro atoms. The Labute approximate surface area is 96.5 Å². The molecule has 1 rings (SSSR count). The van der Waals surface area contributed by atoms with Crippen molar-refractivity contribution in [3.8, 4) is 0 Å². The van der Waals surface area contributed by atoms with Gasteiger partial charge in [-0.05, 0) is 27.7 Å². The molecule has 0 bridgehead atoms. The highest BCUT2D eigenvalue weighted by atomic mass is 16.5. The van der Waals surface area contributed by atoms with Gasteiger partial charge in [0.05, 0.1) is 18.8 Å². The van der Waals surface area contributed by atoms with E-state index in [4.69, 9.17) is 4.74 Å². The Morgan fingerprint density at radius 1 is 1.38 bits per heavy atom. The van der Waals surface area contributed by atoms with Crippen molar-refractivity contribution in [3.05, 3.63) is 12.2 Å². The van der Waals surface area contributed by atoms with Gasteiger partial charge >= 0.3 is 0 Å². The average Bonchev–Trinajstić information content (AvgIpc) is 2.62. The van der Waals surface area contributed by atoms with E-state index in [0.717, 1.165) is 5.82 Å². The smallest absolute Gasteiger partial charge is 0.138 e. The van der Waals surface area contributed by atoms with Crippen molar-refractivity contribution in [2.24, 2.45) is 0 Å². The number of aliphatic hydroxyl groups excluding tert-OH is 1. The summed E-state index contributed by atoms with van der Waals surface area (Å²) >= 11 is 0. The van der Waals surface area contributed by atoms with Crippen LogP contribution in [0.1, 0.15) is 39.6 Å². The van der Waals surface area contributed by atoms with Crippen molar-refractivity contribution >= 4 is 0 Å². The summed E-state index contributed by atoms with van der Waals surface area (Å²) in [5.41, 5.74) is 0. The van der Waals surface area contributed by atoms with E-state index in [1.165, 1.54) is 6.33 Å². The molecule has 1 aromatic rings. The molecular formula is C11H21N3O2. The molecule has 0 saturated heterocycles. The van der Waals surface area contributed by atoms with Crippen LogP contribution in [0.5, 0.6) is 0 Å². The summed E-state index contributed by atoms with van der Waals surface area (Å²) in [5, 5.41) is 13.9. The normalized spacial score (nSPS) is 13.7. The zero-order valence-electron chi connectivity index (χ0n) is 10.4. The van der Waals surface area contributed by atoms with Gasteiger partial charge in [-0.15, -0.1) is 0 Å². The highest BCUT2D eigenvalue weighted by Crippen LogP contribution is 2.07. The summed E-state index contributed by atoms with van der Waals surface area (Å²) in [4.78, 5) is 4.14. The van der Waals surface area contributed by atoms with Crippen LogP contribution < -0.4 is 0 Å². The number of hydrogen-bond donors (Lipinski definition) is 1. The van der Waals surface area contributed by atoms with Crippen LogP contribution in [0.15, 0.2) is 6.33 Å². The SMILES string of the molecule is CC(C)OCC(O)Cc1ncnn1C(C)C. The second-order valence-electron chi connectivity index (χ2n) is 4.45. The quantitative estimate of drug-likeness (QED) is 0.793. The van der Waals surface area contributed by atoms with Crippen LogP contribution >= 0.6 is 0 Å². The lowest BCUT2D eigenvalue weighted by Gasteiger charge is -2.14. The summed E-state index contributed by atoms with van der Waals surface area (Å²) < 4.78 is 7.16. The minimum Gasteiger partial charge on any atom is -0.390 e. The first-order valence-corrected chi connectivity index (χ1v) is 5.68. The number of hydrogen-bond acceptors (Lipinski definition) is 4. The van der Waals surface area contributed by atoms with E-state index >= 15 is 0 Å². The van der Waals surface area contributed by atoms with Gasteiger partial charge in [0.15, 0.2) is 0 Å². The van der Waals surface area contributed by atoms with Crippen molar-refractivity contribution in [1.29, 1.82) is 0 Å². The molecular weight excluding hydrogens is 206 g/mol. The predicted molar refractivity (Wildman–Crippen MR) is 61.2 cm³/mol. The van der Waals surface area contributed by atoms with E-state index in [9.17, 15) is 5.11 Å². The Balaban J connectivity index is 2.49. The van der Waals surface area contributed by atoms with Gasteiger partial charge in [-0.2, -0.15) is 5.10 Å². The highest BCUT2D eigenvalue weighted by Gasteiger charge is 2.13. The van der Waals surface area contributed by atoms with Gasteiger partial charge in [0.25, 0.3) is 0 Å². The third-order valence-corrected chi connectivity index (χ3v) is 2.18. The lowest BCUT2D eigenvalue weighted by atomic mass is 10.2. The molecule has 0 amide bonds. The molecule has 5 nitrogen and oxygen atoms in total. The predicted octanol–water partition coefficient (Wildman–Crippen LogP) is 1.19. The number of aliphatic hydroxyl groups is 1. The van der Waals surface area contributed by atoms with Gasteiger partial charge in [0.1, 0.15) is 12.2 Å². The van der Waals surface area contributed by atoms with E-state index in [2.05, 4.69) is 10.1 Å². The Bertz CT molecular complexity index is 310. The van der Waals surface area contributed by atoms with Gasteiger partial charge in [0.2, 0.25) is 0 Å². The second-order valence-corrected chi connectivity index (χ2v) is 4.45. The number of nitrogens with zero attached hydrogens (tertiary/aromatic N) is 3. The molecule has 1 heterocycles. The number of rotatable bonds is 6. The third kappa shape index (κ3) is 3.90. The summed E-state index contributed by atoms with van der Waals surface area (Å²) in [7, 11) is 0. The van der Waals surface area contributed by atoms with Crippen LogP contribution in [0, 0.1) is 0 Å². The van der Waals surface area contributed by atoms with E-state index < -0.39 is 6.10 Å². The van der Waals surface area contributed by atoms with E-state index in [1.807, 2.05) is 32.4 Å². The Morgan fingerprint density at radius 2 is 2.06 bits per heavy atom. The summed E-state index contributed by atoms with van der Waals surface area (Å²) in [5.74, 6) is 0.801. The van der Waals surface area contributed by atoms with Crippen molar-refractivity contribution in [2.75, 3.05) is 6.61 Å². The molecule has 0 radical (unpaired) electrons. The first-order valence-electron chi connectivity index (χ1n) is 5.68. The summed E-state index contributed by atoms with van der Waals surface area (Å²) in [6.45, 7) is 8.31. The van der Waals surface area contributed by atoms with Crippen LogP contribution in [-0.2, 0) is 11.2 Å². The first kappa shape index (κ1) is 13.1. The van der Waals surface area contributed by atoms with Crippen LogP contribution in [0.3, 0.4) is 0 Å². The fraction of sp³-hybridized carbons (Fsp3) is 0.818. The molecule has 0 aromatic carbocycles. The highest BCUT2D eigenvalue weighted by molar-refractivity contribution is 4.89. The molecule has 0 aliphatic rings. The van der Waals surface area contributed by atoms with E-state index in [-0.39, 0.29) is 12.1 Å². The van der Waals surface area contributed by atoms with Gasteiger partial charge in [-0.25, -0.2) is 9.67 Å². The molecule has 0 saturated carbocycles. The number of ether oxygens (including phenoxy) is 1. The topological polar surface area (TPSA) is 60.2 Å². The molecule has 1 N–H and O–H groups in total. The lowest BCUT2D eigenvalue weighted by Crippen LogP contribution is -2.23. The van der Waals surface area contributed by atoms with Crippen molar-refractivity contribution < 1.29 is 9.84 Å². The van der Waals surface area contributed by atoms with Gasteiger partial charge in [-0.1, -0.05) is 0 Å². The van der Waals surface area contributed by atoms with Crippen LogP contribution in [0.4, 0.5) is 0 Å².